The third kappa shape index (κ3) is 1.38. The van der Waals surface area contributed by atoms with Crippen molar-refractivity contribution < 1.29 is 0 Å². The molecule has 0 radical (unpaired) electrons. The largest absolute Gasteiger partial charge is 0.392 e. The maximum Gasteiger partial charge on any atom is 0.110 e. The van der Waals surface area contributed by atoms with Crippen molar-refractivity contribution in [1.29, 1.82) is 0 Å². The van der Waals surface area contributed by atoms with Gasteiger partial charge in [0.25, 0.3) is 0 Å². The number of rotatable bonds is 2. The van der Waals surface area contributed by atoms with Crippen LogP contribution in [0.25, 0.3) is 0 Å². The SMILES string of the molecule is NC(=S)[C@@H]1CSCN1N=O. The molecule has 1 aliphatic heterocycles. The highest BCUT2D eigenvalue weighted by atomic mass is 32.2. The summed E-state index contributed by atoms with van der Waals surface area (Å²) in [4.78, 5) is 10.4. The Morgan fingerprint density at radius 2 is 2.60 bits per heavy atom. The van der Waals surface area contributed by atoms with Crippen molar-refractivity contribution >= 4 is 29.0 Å². The molecule has 0 aromatic heterocycles. The van der Waals surface area contributed by atoms with Crippen LogP contribution < -0.4 is 5.73 Å². The molecule has 0 spiro atoms. The topological polar surface area (TPSA) is 58.7 Å². The minimum Gasteiger partial charge on any atom is -0.392 e. The van der Waals surface area contributed by atoms with Crippen molar-refractivity contribution in [2.75, 3.05) is 11.6 Å². The van der Waals surface area contributed by atoms with E-state index < -0.39 is 0 Å². The Bertz CT molecular complexity index is 163. The van der Waals surface area contributed by atoms with Gasteiger partial charge < -0.3 is 5.73 Å². The number of nitroso groups, excluding NO2 is 1. The van der Waals surface area contributed by atoms with E-state index in [-0.39, 0.29) is 6.04 Å². The van der Waals surface area contributed by atoms with E-state index in [2.05, 4.69) is 5.29 Å². The van der Waals surface area contributed by atoms with Crippen LogP contribution in [0.5, 0.6) is 0 Å². The zero-order chi connectivity index (χ0) is 7.56. The lowest BCUT2D eigenvalue weighted by atomic mass is 10.3. The van der Waals surface area contributed by atoms with Crippen LogP contribution in [0.3, 0.4) is 0 Å². The summed E-state index contributed by atoms with van der Waals surface area (Å²) in [6.45, 7) is 0. The fraction of sp³-hybridized carbons (Fsp3) is 0.750. The maximum absolute atomic E-state index is 10.1. The highest BCUT2D eigenvalue weighted by molar-refractivity contribution is 7.99. The third-order valence-electron chi connectivity index (χ3n) is 1.29. The Balaban J connectivity index is 2.58. The van der Waals surface area contributed by atoms with Crippen LogP contribution in [0.1, 0.15) is 0 Å². The molecule has 4 nitrogen and oxygen atoms in total. The summed E-state index contributed by atoms with van der Waals surface area (Å²) in [5.74, 6) is 1.38. The molecule has 0 aromatic rings. The van der Waals surface area contributed by atoms with Crippen molar-refractivity contribution in [1.82, 2.24) is 5.01 Å². The van der Waals surface area contributed by atoms with Gasteiger partial charge in [-0.05, 0) is 0 Å². The molecule has 0 bridgehead atoms. The molecule has 56 valence electrons. The molecule has 0 aromatic carbocycles. The van der Waals surface area contributed by atoms with Gasteiger partial charge in [0.2, 0.25) is 0 Å². The molecule has 1 atom stereocenters. The van der Waals surface area contributed by atoms with Crippen molar-refractivity contribution in [3.63, 3.8) is 0 Å². The molecule has 0 amide bonds. The molecule has 1 fully saturated rings. The van der Waals surface area contributed by atoms with Crippen LogP contribution in [0.15, 0.2) is 5.29 Å². The van der Waals surface area contributed by atoms with Crippen molar-refractivity contribution in [2.45, 2.75) is 6.04 Å². The summed E-state index contributed by atoms with van der Waals surface area (Å²) in [5.41, 5.74) is 5.34. The first-order valence-corrected chi connectivity index (χ1v) is 4.29. The average molecular weight is 177 g/mol. The lowest BCUT2D eigenvalue weighted by Gasteiger charge is -2.13. The molecule has 1 heterocycles. The smallest absolute Gasteiger partial charge is 0.110 e. The van der Waals surface area contributed by atoms with Crippen molar-refractivity contribution in [3.8, 4) is 0 Å². The molecular weight excluding hydrogens is 170 g/mol. The quantitative estimate of drug-likeness (QED) is 0.486. The lowest BCUT2D eigenvalue weighted by Crippen LogP contribution is -2.37. The van der Waals surface area contributed by atoms with Gasteiger partial charge >= 0.3 is 0 Å². The van der Waals surface area contributed by atoms with Crippen LogP contribution in [0, 0.1) is 4.91 Å². The Morgan fingerprint density at radius 1 is 1.90 bits per heavy atom. The Kier molecular flexibility index (Phi) is 2.44. The number of hydrogen-bond acceptors (Lipinski definition) is 4. The van der Waals surface area contributed by atoms with E-state index in [9.17, 15) is 4.91 Å². The Hall–Kier alpha value is -0.360. The second kappa shape index (κ2) is 3.16. The third-order valence-corrected chi connectivity index (χ3v) is 2.56. The number of thioether (sulfide) groups is 1. The summed E-state index contributed by atoms with van der Waals surface area (Å²) in [6.07, 6.45) is 0. The predicted octanol–water partition coefficient (Wildman–Crippen LogP) is 0.329. The summed E-state index contributed by atoms with van der Waals surface area (Å²) >= 11 is 6.33. The first-order valence-electron chi connectivity index (χ1n) is 2.72. The van der Waals surface area contributed by atoms with E-state index in [1.54, 1.807) is 11.8 Å². The standard InChI is InChI=1S/C4H7N3OS2/c5-4(9)3-1-10-2-7(3)6-8/h3H,1-2H2,(H2,5,9)/t3-/m0/s1. The highest BCUT2D eigenvalue weighted by Gasteiger charge is 2.26. The number of thiocarbonyl (C=S) groups is 1. The maximum atomic E-state index is 10.1. The highest BCUT2D eigenvalue weighted by Crippen LogP contribution is 2.20. The normalized spacial score (nSPS) is 24.8. The fourth-order valence-electron chi connectivity index (χ4n) is 0.743. The molecule has 2 N–H and O–H groups in total. The van der Waals surface area contributed by atoms with Crippen molar-refractivity contribution in [2.24, 2.45) is 11.0 Å². The molecular formula is C4H7N3OS2. The summed E-state index contributed by atoms with van der Waals surface area (Å²) < 4.78 is 0. The van der Waals surface area contributed by atoms with E-state index in [1.165, 1.54) is 5.01 Å². The number of nitrogens with zero attached hydrogens (tertiary/aromatic N) is 2. The molecule has 0 unspecified atom stereocenters. The van der Waals surface area contributed by atoms with E-state index >= 15 is 0 Å². The predicted molar refractivity (Wildman–Crippen MR) is 45.5 cm³/mol. The van der Waals surface area contributed by atoms with Gasteiger partial charge in [0.15, 0.2) is 0 Å². The van der Waals surface area contributed by atoms with Crippen LogP contribution in [-0.2, 0) is 0 Å². The van der Waals surface area contributed by atoms with Gasteiger partial charge in [-0.1, -0.05) is 12.2 Å². The van der Waals surface area contributed by atoms with Crippen LogP contribution >= 0.6 is 24.0 Å². The van der Waals surface area contributed by atoms with Crippen LogP contribution in [0.4, 0.5) is 0 Å². The summed E-state index contributed by atoms with van der Waals surface area (Å²) in [6, 6.07) is -0.127. The fourth-order valence-corrected chi connectivity index (χ4v) is 2.15. The van der Waals surface area contributed by atoms with Crippen molar-refractivity contribution in [3.05, 3.63) is 4.91 Å². The van der Waals surface area contributed by atoms with Crippen LogP contribution in [-0.4, -0.2) is 27.7 Å². The zero-order valence-corrected chi connectivity index (χ0v) is 6.82. The minimum atomic E-state index is -0.127. The number of nitrogens with two attached hydrogens (primary N) is 1. The van der Waals surface area contributed by atoms with Gasteiger partial charge in [-0.15, -0.1) is 16.7 Å². The molecule has 0 saturated carbocycles. The van der Waals surface area contributed by atoms with E-state index in [4.69, 9.17) is 18.0 Å². The Labute approximate surface area is 68.1 Å². The van der Waals surface area contributed by atoms with Crippen LogP contribution in [0.2, 0.25) is 0 Å². The first-order chi connectivity index (χ1) is 4.75. The molecule has 10 heavy (non-hydrogen) atoms. The molecule has 6 heteroatoms. The summed E-state index contributed by atoms with van der Waals surface area (Å²) in [7, 11) is 0. The van der Waals surface area contributed by atoms with E-state index in [0.717, 1.165) is 5.75 Å². The van der Waals surface area contributed by atoms with Gasteiger partial charge in [-0.3, -0.25) is 0 Å². The second-order valence-corrected chi connectivity index (χ2v) is 3.41. The summed E-state index contributed by atoms with van der Waals surface area (Å²) in [5, 5.41) is 4.15. The van der Waals surface area contributed by atoms with Gasteiger partial charge in [0, 0.05) is 5.75 Å². The van der Waals surface area contributed by atoms with Gasteiger partial charge in [-0.2, -0.15) is 0 Å². The lowest BCUT2D eigenvalue weighted by molar-refractivity contribution is 0.331. The molecule has 1 aliphatic rings. The zero-order valence-electron chi connectivity index (χ0n) is 5.19. The molecule has 1 saturated heterocycles. The van der Waals surface area contributed by atoms with E-state index in [0.29, 0.717) is 10.9 Å². The molecule has 1 rings (SSSR count). The first kappa shape index (κ1) is 7.74. The van der Waals surface area contributed by atoms with Gasteiger partial charge in [0.1, 0.15) is 6.04 Å². The molecule has 0 aliphatic carbocycles. The van der Waals surface area contributed by atoms with Gasteiger partial charge in [-0.25, -0.2) is 5.01 Å². The second-order valence-electron chi connectivity index (χ2n) is 1.94. The monoisotopic (exact) mass is 177 g/mol. The van der Waals surface area contributed by atoms with E-state index in [1.807, 2.05) is 0 Å². The minimum absolute atomic E-state index is 0.127. The number of hydrogen-bond donors (Lipinski definition) is 1. The van der Waals surface area contributed by atoms with Gasteiger partial charge in [0.05, 0.1) is 16.2 Å². The Morgan fingerprint density at radius 3 is 3.00 bits per heavy atom. The average Bonchev–Trinajstić information content (AvgIpc) is 2.33.